The van der Waals surface area contributed by atoms with Gasteiger partial charge in [-0.05, 0) is 20.9 Å². The lowest BCUT2D eigenvalue weighted by molar-refractivity contribution is -0.119. The Hall–Kier alpha value is -1.07. The molecular weight excluding hydrogens is 240 g/mol. The van der Waals surface area contributed by atoms with Crippen LogP contribution in [0.15, 0.2) is 12.3 Å². The van der Waals surface area contributed by atoms with Crippen LogP contribution in [-0.2, 0) is 4.79 Å². The second kappa shape index (κ2) is 7.29. The van der Waals surface area contributed by atoms with Crippen molar-refractivity contribution >= 4 is 24.1 Å². The Kier molecular flexibility index (Phi) is 6.83. The topological polar surface area (TPSA) is 59.0 Å². The summed E-state index contributed by atoms with van der Waals surface area (Å²) >= 11 is 0. The third-order valence-corrected chi connectivity index (χ3v) is 2.37. The van der Waals surface area contributed by atoms with Gasteiger partial charge in [-0.3, -0.25) is 4.79 Å². The molecule has 0 aliphatic carbocycles. The van der Waals surface area contributed by atoms with Gasteiger partial charge in [0.05, 0.1) is 6.20 Å². The van der Waals surface area contributed by atoms with Crippen molar-refractivity contribution < 1.29 is 4.79 Å². The minimum Gasteiger partial charge on any atom is -0.319 e. The Morgan fingerprint density at radius 3 is 2.65 bits per heavy atom. The van der Waals surface area contributed by atoms with E-state index in [0.29, 0.717) is 6.54 Å². The summed E-state index contributed by atoms with van der Waals surface area (Å²) in [5, 5.41) is 10.0. The fourth-order valence-corrected chi connectivity index (χ4v) is 1.47. The first-order valence-electron chi connectivity index (χ1n) is 5.55. The number of rotatable bonds is 5. The summed E-state index contributed by atoms with van der Waals surface area (Å²) in [6.07, 6.45) is 1.69. The first-order valence-corrected chi connectivity index (χ1v) is 5.55. The molecule has 1 heterocycles. The second-order valence-corrected chi connectivity index (χ2v) is 4.20. The quantitative estimate of drug-likeness (QED) is 0.847. The molecule has 98 valence electrons. The van der Waals surface area contributed by atoms with Crippen LogP contribution in [0.4, 0.5) is 5.82 Å². The first kappa shape index (κ1) is 15.9. The van der Waals surface area contributed by atoms with Crippen molar-refractivity contribution in [2.75, 3.05) is 18.9 Å². The summed E-state index contributed by atoms with van der Waals surface area (Å²) in [4.78, 5) is 11.8. The molecule has 1 atom stereocenters. The maximum absolute atomic E-state index is 11.8. The monoisotopic (exact) mass is 260 g/mol. The summed E-state index contributed by atoms with van der Waals surface area (Å²) in [7, 11) is 1.84. The van der Waals surface area contributed by atoms with Gasteiger partial charge in [-0.1, -0.05) is 6.92 Å². The van der Waals surface area contributed by atoms with E-state index >= 15 is 0 Å². The van der Waals surface area contributed by atoms with Crippen LogP contribution in [0.3, 0.4) is 0 Å². The standard InChI is InChI=1S/C11H20N4O.ClH/c1-8(2)15-10(5-6-13-15)14-11(16)9(3)7-12-4;/h5-6,8-9,12H,7H2,1-4H3,(H,14,16);1H. The predicted octanol–water partition coefficient (Wildman–Crippen LogP) is 1.68. The van der Waals surface area contributed by atoms with Gasteiger partial charge in [0, 0.05) is 24.6 Å². The Balaban J connectivity index is 0.00000256. The van der Waals surface area contributed by atoms with Crippen molar-refractivity contribution in [1.82, 2.24) is 15.1 Å². The Morgan fingerprint density at radius 2 is 2.12 bits per heavy atom. The van der Waals surface area contributed by atoms with Gasteiger partial charge in [0.1, 0.15) is 5.82 Å². The molecule has 0 aromatic carbocycles. The third kappa shape index (κ3) is 4.36. The van der Waals surface area contributed by atoms with Crippen molar-refractivity contribution in [3.63, 3.8) is 0 Å². The van der Waals surface area contributed by atoms with E-state index in [1.165, 1.54) is 0 Å². The fraction of sp³-hybridized carbons (Fsp3) is 0.636. The smallest absolute Gasteiger partial charge is 0.229 e. The number of anilines is 1. The number of hydrogen-bond donors (Lipinski definition) is 2. The molecule has 0 radical (unpaired) electrons. The van der Waals surface area contributed by atoms with Gasteiger partial charge in [-0.2, -0.15) is 5.10 Å². The van der Waals surface area contributed by atoms with Crippen LogP contribution in [0.2, 0.25) is 0 Å². The molecule has 0 saturated carbocycles. The van der Waals surface area contributed by atoms with Gasteiger partial charge in [0.2, 0.25) is 5.91 Å². The number of nitrogens with zero attached hydrogens (tertiary/aromatic N) is 2. The van der Waals surface area contributed by atoms with Crippen LogP contribution in [0, 0.1) is 5.92 Å². The van der Waals surface area contributed by atoms with Crippen molar-refractivity contribution in [3.05, 3.63) is 12.3 Å². The highest BCUT2D eigenvalue weighted by Gasteiger charge is 2.14. The summed E-state index contributed by atoms with van der Waals surface area (Å²) < 4.78 is 1.80. The minimum absolute atomic E-state index is 0. The molecule has 2 N–H and O–H groups in total. The predicted molar refractivity (Wildman–Crippen MR) is 71.6 cm³/mol. The van der Waals surface area contributed by atoms with Crippen molar-refractivity contribution in [2.24, 2.45) is 5.92 Å². The SMILES string of the molecule is CNCC(C)C(=O)Nc1ccnn1C(C)C.Cl. The van der Waals surface area contributed by atoms with Gasteiger partial charge >= 0.3 is 0 Å². The zero-order chi connectivity index (χ0) is 12.1. The van der Waals surface area contributed by atoms with Gasteiger partial charge in [-0.25, -0.2) is 4.68 Å². The second-order valence-electron chi connectivity index (χ2n) is 4.20. The number of carbonyl (C=O) groups is 1. The van der Waals surface area contributed by atoms with Gasteiger partial charge in [0.15, 0.2) is 0 Å². The minimum atomic E-state index is -0.0551. The summed E-state index contributed by atoms with van der Waals surface area (Å²) in [6, 6.07) is 2.05. The highest BCUT2D eigenvalue weighted by molar-refractivity contribution is 5.91. The number of halogens is 1. The van der Waals surface area contributed by atoms with Gasteiger partial charge in [0.25, 0.3) is 0 Å². The van der Waals surface area contributed by atoms with Crippen LogP contribution >= 0.6 is 12.4 Å². The third-order valence-electron chi connectivity index (χ3n) is 2.37. The van der Waals surface area contributed by atoms with Gasteiger partial charge in [-0.15, -0.1) is 12.4 Å². The summed E-state index contributed by atoms with van der Waals surface area (Å²) in [6.45, 7) is 6.61. The largest absolute Gasteiger partial charge is 0.319 e. The van der Waals surface area contributed by atoms with E-state index in [2.05, 4.69) is 15.7 Å². The Bertz CT molecular complexity index is 351. The highest BCUT2D eigenvalue weighted by Crippen LogP contribution is 2.13. The van der Waals surface area contributed by atoms with Crippen molar-refractivity contribution in [1.29, 1.82) is 0 Å². The molecule has 5 nitrogen and oxygen atoms in total. The van der Waals surface area contributed by atoms with E-state index in [1.54, 1.807) is 10.9 Å². The van der Waals surface area contributed by atoms with E-state index in [-0.39, 0.29) is 30.3 Å². The molecule has 0 spiro atoms. The molecule has 1 aromatic rings. The zero-order valence-corrected chi connectivity index (χ0v) is 11.5. The molecular formula is C11H21ClN4O. The molecule has 1 unspecified atom stereocenters. The van der Waals surface area contributed by atoms with E-state index in [4.69, 9.17) is 0 Å². The molecule has 0 aliphatic rings. The molecule has 1 aromatic heterocycles. The number of amides is 1. The molecule has 0 fully saturated rings. The van der Waals surface area contributed by atoms with Crippen molar-refractivity contribution in [2.45, 2.75) is 26.8 Å². The lowest BCUT2D eigenvalue weighted by atomic mass is 10.1. The van der Waals surface area contributed by atoms with Crippen LogP contribution in [0.5, 0.6) is 0 Å². The van der Waals surface area contributed by atoms with E-state index in [9.17, 15) is 4.79 Å². The Labute approximate surface area is 108 Å². The van der Waals surface area contributed by atoms with Crippen LogP contribution in [0.25, 0.3) is 0 Å². The molecule has 1 amide bonds. The molecule has 1 rings (SSSR count). The van der Waals surface area contributed by atoms with Crippen LogP contribution < -0.4 is 10.6 Å². The first-order chi connectivity index (χ1) is 7.56. The lowest BCUT2D eigenvalue weighted by Gasteiger charge is -2.14. The molecule has 6 heteroatoms. The van der Waals surface area contributed by atoms with Gasteiger partial charge < -0.3 is 10.6 Å². The average Bonchev–Trinajstić information content (AvgIpc) is 2.66. The number of carbonyl (C=O) groups excluding carboxylic acids is 1. The normalized spacial score (nSPS) is 12.1. The average molecular weight is 261 g/mol. The Morgan fingerprint density at radius 1 is 1.47 bits per heavy atom. The van der Waals surface area contributed by atoms with Crippen LogP contribution in [-0.4, -0.2) is 29.3 Å². The highest BCUT2D eigenvalue weighted by atomic mass is 35.5. The number of nitrogens with one attached hydrogen (secondary N) is 2. The number of hydrogen-bond acceptors (Lipinski definition) is 3. The molecule has 0 saturated heterocycles. The maximum atomic E-state index is 11.8. The van der Waals surface area contributed by atoms with E-state index in [1.807, 2.05) is 33.9 Å². The summed E-state index contributed by atoms with van der Waals surface area (Å²) in [5.74, 6) is 0.709. The van der Waals surface area contributed by atoms with Crippen LogP contribution in [0.1, 0.15) is 26.8 Å². The van der Waals surface area contributed by atoms with E-state index in [0.717, 1.165) is 5.82 Å². The number of aromatic nitrogens is 2. The fourth-order valence-electron chi connectivity index (χ4n) is 1.47. The molecule has 0 aliphatic heterocycles. The summed E-state index contributed by atoms with van der Waals surface area (Å²) in [5.41, 5.74) is 0. The maximum Gasteiger partial charge on any atom is 0.229 e. The molecule has 0 bridgehead atoms. The molecule has 17 heavy (non-hydrogen) atoms. The lowest BCUT2D eigenvalue weighted by Crippen LogP contribution is -2.29. The zero-order valence-electron chi connectivity index (χ0n) is 10.7. The van der Waals surface area contributed by atoms with Crippen molar-refractivity contribution in [3.8, 4) is 0 Å². The van der Waals surface area contributed by atoms with E-state index < -0.39 is 0 Å².